The molecule has 0 saturated carbocycles. The van der Waals surface area contributed by atoms with E-state index in [0.29, 0.717) is 15.8 Å². The van der Waals surface area contributed by atoms with E-state index in [1.54, 1.807) is 12.1 Å². The molecule has 0 aliphatic heterocycles. The lowest BCUT2D eigenvalue weighted by atomic mass is 10.1. The molecule has 3 rings (SSSR count). The molecular formula is C16H12ClN3OS. The number of amides is 1. The number of carbonyl (C=O) groups excluding carboxylic acids is 1. The second-order valence-electron chi connectivity index (χ2n) is 4.61. The number of nitrogens with zero attached hydrogens (tertiary/aromatic N) is 2. The molecule has 0 aliphatic carbocycles. The minimum absolute atomic E-state index is 0.252. The standard InChI is InChI=1S/C16H12ClN3OS/c1-10-14(11-5-3-2-4-6-11)19-16(22-10)20-15(21)12-7-8-13(17)18-9-12/h2-9H,1H3,(H,19,20,21). The molecule has 4 nitrogen and oxygen atoms in total. The molecule has 0 radical (unpaired) electrons. The van der Waals surface area contributed by atoms with E-state index in [1.165, 1.54) is 17.5 Å². The van der Waals surface area contributed by atoms with Gasteiger partial charge in [-0.2, -0.15) is 0 Å². The topological polar surface area (TPSA) is 54.9 Å². The summed E-state index contributed by atoms with van der Waals surface area (Å²) in [6.45, 7) is 1.99. The highest BCUT2D eigenvalue weighted by molar-refractivity contribution is 7.16. The van der Waals surface area contributed by atoms with Crippen molar-refractivity contribution in [1.82, 2.24) is 9.97 Å². The van der Waals surface area contributed by atoms with Crippen LogP contribution in [-0.4, -0.2) is 15.9 Å². The number of carbonyl (C=O) groups is 1. The molecule has 1 N–H and O–H groups in total. The molecule has 0 fully saturated rings. The second-order valence-corrected chi connectivity index (χ2v) is 6.20. The Morgan fingerprint density at radius 2 is 1.95 bits per heavy atom. The molecule has 3 aromatic rings. The number of hydrogen-bond acceptors (Lipinski definition) is 4. The van der Waals surface area contributed by atoms with Crippen molar-refractivity contribution in [2.24, 2.45) is 0 Å². The summed E-state index contributed by atoms with van der Waals surface area (Å²) < 4.78 is 0. The number of nitrogens with one attached hydrogen (secondary N) is 1. The van der Waals surface area contributed by atoms with Gasteiger partial charge in [0.15, 0.2) is 5.13 Å². The molecule has 0 spiro atoms. The zero-order valence-electron chi connectivity index (χ0n) is 11.7. The van der Waals surface area contributed by atoms with E-state index in [9.17, 15) is 4.79 Å². The number of rotatable bonds is 3. The third-order valence-corrected chi connectivity index (χ3v) is 4.16. The quantitative estimate of drug-likeness (QED) is 0.724. The van der Waals surface area contributed by atoms with Crippen LogP contribution in [0.4, 0.5) is 5.13 Å². The maximum Gasteiger partial charge on any atom is 0.259 e. The summed E-state index contributed by atoms with van der Waals surface area (Å²) in [7, 11) is 0. The fourth-order valence-electron chi connectivity index (χ4n) is 1.99. The Labute approximate surface area is 136 Å². The summed E-state index contributed by atoms with van der Waals surface area (Å²) in [6.07, 6.45) is 1.44. The smallest absolute Gasteiger partial charge is 0.259 e. The fourth-order valence-corrected chi connectivity index (χ4v) is 2.94. The Morgan fingerprint density at radius 3 is 2.64 bits per heavy atom. The van der Waals surface area contributed by atoms with E-state index < -0.39 is 0 Å². The van der Waals surface area contributed by atoms with E-state index in [1.807, 2.05) is 37.3 Å². The SMILES string of the molecule is Cc1sc(NC(=O)c2ccc(Cl)nc2)nc1-c1ccccc1. The third kappa shape index (κ3) is 3.16. The molecular weight excluding hydrogens is 318 g/mol. The van der Waals surface area contributed by atoms with Gasteiger partial charge in [0, 0.05) is 16.6 Å². The maximum absolute atomic E-state index is 12.2. The van der Waals surface area contributed by atoms with Crippen molar-refractivity contribution < 1.29 is 4.79 Å². The largest absolute Gasteiger partial charge is 0.298 e. The summed E-state index contributed by atoms with van der Waals surface area (Å²) in [6, 6.07) is 13.1. The van der Waals surface area contributed by atoms with Crippen molar-refractivity contribution in [3.05, 3.63) is 64.3 Å². The third-order valence-electron chi connectivity index (χ3n) is 3.05. The lowest BCUT2D eigenvalue weighted by molar-refractivity contribution is 0.102. The van der Waals surface area contributed by atoms with Crippen LogP contribution >= 0.6 is 22.9 Å². The minimum Gasteiger partial charge on any atom is -0.298 e. The lowest BCUT2D eigenvalue weighted by Crippen LogP contribution is -2.11. The normalized spacial score (nSPS) is 10.5. The number of pyridine rings is 1. The molecule has 110 valence electrons. The first-order chi connectivity index (χ1) is 10.6. The van der Waals surface area contributed by atoms with Gasteiger partial charge in [-0.1, -0.05) is 41.9 Å². The number of halogens is 1. The minimum atomic E-state index is -0.252. The molecule has 1 amide bonds. The number of aryl methyl sites for hydroxylation is 1. The van der Waals surface area contributed by atoms with Crippen LogP contribution in [0.2, 0.25) is 5.15 Å². The predicted molar refractivity (Wildman–Crippen MR) is 89.5 cm³/mol. The van der Waals surface area contributed by atoms with E-state index in [0.717, 1.165) is 16.1 Å². The van der Waals surface area contributed by atoms with Crippen molar-refractivity contribution in [3.8, 4) is 11.3 Å². The Bertz CT molecular complexity index is 800. The maximum atomic E-state index is 12.2. The molecule has 0 unspecified atom stereocenters. The Balaban J connectivity index is 1.82. The monoisotopic (exact) mass is 329 g/mol. The lowest BCUT2D eigenvalue weighted by Gasteiger charge is -2.01. The molecule has 22 heavy (non-hydrogen) atoms. The summed E-state index contributed by atoms with van der Waals surface area (Å²) in [5.74, 6) is -0.252. The van der Waals surface area contributed by atoms with Gasteiger partial charge in [0.05, 0.1) is 11.3 Å². The molecule has 0 saturated heterocycles. The van der Waals surface area contributed by atoms with E-state index >= 15 is 0 Å². The highest BCUT2D eigenvalue weighted by atomic mass is 35.5. The van der Waals surface area contributed by atoms with Gasteiger partial charge in [0.2, 0.25) is 0 Å². The zero-order valence-corrected chi connectivity index (χ0v) is 13.3. The van der Waals surface area contributed by atoms with Crippen LogP contribution in [0.15, 0.2) is 48.7 Å². The Kier molecular flexibility index (Phi) is 4.18. The van der Waals surface area contributed by atoms with Gasteiger partial charge in [0.25, 0.3) is 5.91 Å². The Morgan fingerprint density at radius 1 is 1.18 bits per heavy atom. The summed E-state index contributed by atoms with van der Waals surface area (Å²) in [5.41, 5.74) is 2.36. The number of anilines is 1. The number of hydrogen-bond donors (Lipinski definition) is 1. The van der Waals surface area contributed by atoms with Gasteiger partial charge in [-0.05, 0) is 19.1 Å². The van der Waals surface area contributed by atoms with E-state index in [-0.39, 0.29) is 5.91 Å². The molecule has 1 aromatic carbocycles. The van der Waals surface area contributed by atoms with E-state index in [2.05, 4.69) is 15.3 Å². The van der Waals surface area contributed by atoms with Crippen LogP contribution < -0.4 is 5.32 Å². The van der Waals surface area contributed by atoms with Crippen LogP contribution in [0.1, 0.15) is 15.2 Å². The highest BCUT2D eigenvalue weighted by Gasteiger charge is 2.13. The van der Waals surface area contributed by atoms with Gasteiger partial charge in [-0.25, -0.2) is 9.97 Å². The summed E-state index contributed by atoms with van der Waals surface area (Å²) >= 11 is 7.16. The molecule has 2 aromatic heterocycles. The summed E-state index contributed by atoms with van der Waals surface area (Å²) in [5, 5.41) is 3.71. The average Bonchev–Trinajstić information content (AvgIpc) is 2.89. The Hall–Kier alpha value is -2.24. The fraction of sp³-hybridized carbons (Fsp3) is 0.0625. The first-order valence-corrected chi connectivity index (χ1v) is 7.78. The molecule has 0 atom stereocenters. The van der Waals surface area contributed by atoms with Crippen molar-refractivity contribution in [1.29, 1.82) is 0 Å². The van der Waals surface area contributed by atoms with Gasteiger partial charge in [0.1, 0.15) is 5.15 Å². The highest BCUT2D eigenvalue weighted by Crippen LogP contribution is 2.30. The van der Waals surface area contributed by atoms with Crippen molar-refractivity contribution in [2.45, 2.75) is 6.92 Å². The van der Waals surface area contributed by atoms with Crippen LogP contribution in [0.25, 0.3) is 11.3 Å². The van der Waals surface area contributed by atoms with Gasteiger partial charge >= 0.3 is 0 Å². The van der Waals surface area contributed by atoms with Crippen LogP contribution in [0, 0.1) is 6.92 Å². The molecule has 0 bridgehead atoms. The first-order valence-electron chi connectivity index (χ1n) is 6.59. The number of thiazole rings is 1. The van der Waals surface area contributed by atoms with Crippen molar-refractivity contribution in [3.63, 3.8) is 0 Å². The summed E-state index contributed by atoms with van der Waals surface area (Å²) in [4.78, 5) is 21.6. The first kappa shape index (κ1) is 14.7. The molecule has 0 aliphatic rings. The zero-order chi connectivity index (χ0) is 15.5. The average molecular weight is 330 g/mol. The van der Waals surface area contributed by atoms with Crippen LogP contribution in [0.5, 0.6) is 0 Å². The van der Waals surface area contributed by atoms with Crippen LogP contribution in [-0.2, 0) is 0 Å². The van der Waals surface area contributed by atoms with Crippen LogP contribution in [0.3, 0.4) is 0 Å². The second kappa shape index (κ2) is 6.25. The molecule has 6 heteroatoms. The number of benzene rings is 1. The number of aromatic nitrogens is 2. The van der Waals surface area contributed by atoms with Gasteiger partial charge in [-0.15, -0.1) is 11.3 Å². The van der Waals surface area contributed by atoms with Crippen molar-refractivity contribution in [2.75, 3.05) is 5.32 Å². The molecule has 2 heterocycles. The van der Waals surface area contributed by atoms with Crippen molar-refractivity contribution >= 4 is 34.0 Å². The van der Waals surface area contributed by atoms with Gasteiger partial charge < -0.3 is 0 Å². The predicted octanol–water partition coefficient (Wildman–Crippen LogP) is 4.42. The van der Waals surface area contributed by atoms with E-state index in [4.69, 9.17) is 11.6 Å². The van der Waals surface area contributed by atoms with Gasteiger partial charge in [-0.3, -0.25) is 10.1 Å².